The maximum atomic E-state index is 13.1. The summed E-state index contributed by atoms with van der Waals surface area (Å²) in [5, 5.41) is 54.5. The second-order valence-corrected chi connectivity index (χ2v) is 19.7. The van der Waals surface area contributed by atoms with E-state index in [0.717, 1.165) is 109 Å². The van der Waals surface area contributed by atoms with Crippen LogP contribution in [0.5, 0.6) is 0 Å². The van der Waals surface area contributed by atoms with Gasteiger partial charge in [-0.2, -0.15) is 0 Å². The summed E-state index contributed by atoms with van der Waals surface area (Å²) in [5.74, 6) is -0.202. The lowest BCUT2D eigenvalue weighted by atomic mass is 9.99. The Bertz CT molecular complexity index is 1560. The molecule has 0 radical (unpaired) electrons. The first-order valence-electron chi connectivity index (χ1n) is 29.3. The quantitative estimate of drug-likeness (QED) is 0.0261. The van der Waals surface area contributed by atoms with Gasteiger partial charge in [0.05, 0.1) is 25.4 Å². The fourth-order valence-corrected chi connectivity index (χ4v) is 8.40. The van der Waals surface area contributed by atoms with E-state index >= 15 is 0 Å². The molecule has 1 aliphatic rings. The highest BCUT2D eigenvalue weighted by Crippen LogP contribution is 2.23. The molecule has 0 bridgehead atoms. The second-order valence-electron chi connectivity index (χ2n) is 19.7. The van der Waals surface area contributed by atoms with Crippen LogP contribution in [0.2, 0.25) is 0 Å². The van der Waals surface area contributed by atoms with Crippen LogP contribution in [0.4, 0.5) is 0 Å². The number of ether oxygens (including phenoxy) is 2. The van der Waals surface area contributed by atoms with E-state index in [1.54, 1.807) is 6.08 Å². The monoisotopic (exact) mass is 1020 g/mol. The summed E-state index contributed by atoms with van der Waals surface area (Å²) in [6.07, 6.45) is 71.1. The number of carbonyl (C=O) groups is 1. The Balaban J connectivity index is 2.26. The van der Waals surface area contributed by atoms with Crippen molar-refractivity contribution in [2.75, 3.05) is 13.2 Å². The number of aliphatic hydroxyl groups excluding tert-OH is 5. The zero-order chi connectivity index (χ0) is 52.9. The van der Waals surface area contributed by atoms with E-state index in [2.05, 4.69) is 129 Å². The summed E-state index contributed by atoms with van der Waals surface area (Å²) in [6.45, 7) is 3.63. The lowest BCUT2D eigenvalue weighted by molar-refractivity contribution is -0.302. The van der Waals surface area contributed by atoms with E-state index < -0.39 is 49.5 Å². The molecular weight excluding hydrogens is 911 g/mol. The Morgan fingerprint density at radius 2 is 0.863 bits per heavy atom. The molecule has 1 fully saturated rings. The van der Waals surface area contributed by atoms with Crippen LogP contribution in [-0.2, 0) is 14.3 Å². The zero-order valence-electron chi connectivity index (χ0n) is 46.1. The van der Waals surface area contributed by atoms with Gasteiger partial charge < -0.3 is 40.3 Å². The van der Waals surface area contributed by atoms with Crippen LogP contribution in [-0.4, -0.2) is 87.5 Å². The van der Waals surface area contributed by atoms with Gasteiger partial charge in [-0.3, -0.25) is 4.79 Å². The van der Waals surface area contributed by atoms with Crippen molar-refractivity contribution in [3.63, 3.8) is 0 Å². The van der Waals surface area contributed by atoms with Gasteiger partial charge in [0.1, 0.15) is 24.4 Å². The van der Waals surface area contributed by atoms with Crippen LogP contribution in [0, 0.1) is 0 Å². The van der Waals surface area contributed by atoms with Crippen molar-refractivity contribution in [1.82, 2.24) is 5.32 Å². The maximum absolute atomic E-state index is 13.1. The van der Waals surface area contributed by atoms with Gasteiger partial charge in [0.25, 0.3) is 0 Å². The van der Waals surface area contributed by atoms with E-state index in [1.165, 1.54) is 89.9 Å². The lowest BCUT2D eigenvalue weighted by Gasteiger charge is -2.40. The van der Waals surface area contributed by atoms with Crippen molar-refractivity contribution in [2.24, 2.45) is 0 Å². The van der Waals surface area contributed by atoms with Crippen LogP contribution in [0.3, 0.4) is 0 Å². The summed E-state index contributed by atoms with van der Waals surface area (Å²) >= 11 is 0. The molecule has 9 heteroatoms. The van der Waals surface area contributed by atoms with Gasteiger partial charge in [0.2, 0.25) is 5.91 Å². The molecule has 73 heavy (non-hydrogen) atoms. The van der Waals surface area contributed by atoms with E-state index in [-0.39, 0.29) is 12.5 Å². The number of amides is 1. The van der Waals surface area contributed by atoms with Gasteiger partial charge in [0, 0.05) is 6.42 Å². The number of hydrogen-bond acceptors (Lipinski definition) is 8. The minimum absolute atomic E-state index is 0.202. The molecule has 0 saturated carbocycles. The topological polar surface area (TPSA) is 149 Å². The highest BCUT2D eigenvalue weighted by molar-refractivity contribution is 5.76. The van der Waals surface area contributed by atoms with E-state index in [9.17, 15) is 30.3 Å². The summed E-state index contributed by atoms with van der Waals surface area (Å²) < 4.78 is 11.2. The van der Waals surface area contributed by atoms with Gasteiger partial charge in [-0.15, -0.1) is 0 Å². The highest BCUT2D eigenvalue weighted by Gasteiger charge is 2.44. The second kappa shape index (κ2) is 52.0. The standard InChI is InChI=1S/C64H107NO8/c1-3-5-7-9-11-13-15-17-19-21-23-24-25-26-27-28-29-30-31-32-33-34-36-38-40-42-44-46-48-50-52-54-60(68)65-57(56-72-64-63(71)62(70)61(69)59(55-66)73-64)58(67)53-51-49-47-45-43-41-39-37-35-22-20-18-16-14-12-10-8-6-4-2/h5,7,11,13,17,19,23-24,26-27,29-30,32-33,35,37,43,45,51,53,57-59,61-64,66-67,69-71H,3-4,6,8-10,12,14-16,18,20-22,25,28,31,34,36,38-42,44,46-50,52,54-56H2,1-2H3,(H,65,68)/b7-5-,13-11-,19-17-,24-23-,27-26-,30-29-,33-32-,37-35+,45-43+,53-51+. The number of unbranched alkanes of at least 4 members (excludes halogenated alkanes) is 20. The van der Waals surface area contributed by atoms with E-state index in [4.69, 9.17) is 9.47 Å². The molecule has 7 atom stereocenters. The normalized spacial score (nSPS) is 20.0. The molecule has 1 rings (SSSR count). The van der Waals surface area contributed by atoms with E-state index in [1.807, 2.05) is 6.08 Å². The fraction of sp³-hybridized carbons (Fsp3) is 0.672. The molecular formula is C64H107NO8. The molecule has 1 amide bonds. The first-order chi connectivity index (χ1) is 35.8. The van der Waals surface area contributed by atoms with E-state index in [0.29, 0.717) is 6.42 Å². The van der Waals surface area contributed by atoms with Crippen molar-refractivity contribution < 1.29 is 39.8 Å². The SMILES string of the molecule is CC/C=C\C/C=C\C/C=C\C/C=C\C/C=C\C/C=C\C/C=C\CCCCCCCCCCCC(=O)NC(COC1OC(CO)C(O)C(O)C1O)C(O)/C=C/CC/C=C/CC/C=C/CCCCCCCCCCC. The predicted molar refractivity (Wildman–Crippen MR) is 308 cm³/mol. The van der Waals surface area contributed by atoms with Gasteiger partial charge in [-0.25, -0.2) is 0 Å². The van der Waals surface area contributed by atoms with Gasteiger partial charge in [-0.1, -0.05) is 232 Å². The molecule has 0 aromatic heterocycles. The Kier molecular flexibility index (Phi) is 48.2. The first-order valence-corrected chi connectivity index (χ1v) is 29.3. The molecule has 6 N–H and O–H groups in total. The molecule has 416 valence electrons. The van der Waals surface area contributed by atoms with Gasteiger partial charge in [0.15, 0.2) is 6.29 Å². The third-order valence-corrected chi connectivity index (χ3v) is 13.0. The smallest absolute Gasteiger partial charge is 0.220 e. The number of hydrogen-bond donors (Lipinski definition) is 6. The molecule has 0 aliphatic carbocycles. The molecule has 0 spiro atoms. The third kappa shape index (κ3) is 41.5. The number of allylic oxidation sites excluding steroid dienone is 19. The maximum Gasteiger partial charge on any atom is 0.220 e. The minimum Gasteiger partial charge on any atom is -0.394 e. The van der Waals surface area contributed by atoms with Crippen LogP contribution in [0.15, 0.2) is 122 Å². The van der Waals surface area contributed by atoms with Crippen LogP contribution < -0.4 is 5.32 Å². The van der Waals surface area contributed by atoms with Crippen LogP contribution in [0.25, 0.3) is 0 Å². The summed E-state index contributed by atoms with van der Waals surface area (Å²) in [5.41, 5.74) is 0. The van der Waals surface area contributed by atoms with Crippen LogP contribution >= 0.6 is 0 Å². The highest BCUT2D eigenvalue weighted by atomic mass is 16.7. The van der Waals surface area contributed by atoms with Gasteiger partial charge >= 0.3 is 0 Å². The number of carbonyl (C=O) groups excluding carboxylic acids is 1. The van der Waals surface area contributed by atoms with Crippen molar-refractivity contribution in [1.29, 1.82) is 0 Å². The zero-order valence-corrected chi connectivity index (χ0v) is 46.1. The average molecular weight is 1020 g/mol. The van der Waals surface area contributed by atoms with Crippen molar-refractivity contribution >= 4 is 5.91 Å². The Labute approximate surface area is 446 Å². The molecule has 7 unspecified atom stereocenters. The molecule has 1 heterocycles. The van der Waals surface area contributed by atoms with Crippen molar-refractivity contribution in [2.45, 2.75) is 262 Å². The van der Waals surface area contributed by atoms with Crippen molar-refractivity contribution in [3.8, 4) is 0 Å². The van der Waals surface area contributed by atoms with Crippen LogP contribution in [0.1, 0.15) is 219 Å². The first kappa shape index (κ1) is 67.6. The largest absolute Gasteiger partial charge is 0.394 e. The molecule has 0 aromatic rings. The number of aliphatic hydroxyl groups is 5. The summed E-state index contributed by atoms with van der Waals surface area (Å²) in [4.78, 5) is 13.1. The number of nitrogens with one attached hydrogen (secondary N) is 1. The number of rotatable bonds is 48. The van der Waals surface area contributed by atoms with Gasteiger partial charge in [-0.05, 0) is 103 Å². The van der Waals surface area contributed by atoms with Crippen molar-refractivity contribution in [3.05, 3.63) is 122 Å². The summed E-state index contributed by atoms with van der Waals surface area (Å²) in [6, 6.07) is -0.841. The minimum atomic E-state index is -1.58. The molecule has 0 aromatic carbocycles. The molecule has 1 aliphatic heterocycles. The lowest BCUT2D eigenvalue weighted by Crippen LogP contribution is -2.60. The Hall–Kier alpha value is -3.41. The Morgan fingerprint density at radius 3 is 1.32 bits per heavy atom. The average Bonchev–Trinajstić information content (AvgIpc) is 3.39. The Morgan fingerprint density at radius 1 is 0.479 bits per heavy atom. The summed E-state index contributed by atoms with van der Waals surface area (Å²) in [7, 11) is 0. The third-order valence-electron chi connectivity index (χ3n) is 13.0. The predicted octanol–water partition coefficient (Wildman–Crippen LogP) is 14.7. The molecule has 1 saturated heterocycles. The fourth-order valence-electron chi connectivity index (χ4n) is 8.40. The molecule has 9 nitrogen and oxygen atoms in total.